The third kappa shape index (κ3) is 2.85. The Labute approximate surface area is 156 Å². The molecule has 7 nitrogen and oxygen atoms in total. The smallest absolute Gasteiger partial charge is 0.240 e. The summed E-state index contributed by atoms with van der Waals surface area (Å²) < 4.78 is 5.98. The molecule has 5 rings (SSSR count). The van der Waals surface area contributed by atoms with Crippen LogP contribution in [0.25, 0.3) is 22.2 Å². The molecule has 7 heteroatoms. The normalized spacial score (nSPS) is 16.9. The van der Waals surface area contributed by atoms with Crippen molar-refractivity contribution in [3.05, 3.63) is 36.7 Å². The van der Waals surface area contributed by atoms with Crippen molar-refractivity contribution in [3.63, 3.8) is 0 Å². The van der Waals surface area contributed by atoms with Crippen molar-refractivity contribution in [2.75, 3.05) is 23.8 Å². The van der Waals surface area contributed by atoms with Crippen LogP contribution in [0.5, 0.6) is 5.75 Å². The van der Waals surface area contributed by atoms with Crippen LogP contribution in [0, 0.1) is 5.92 Å². The fraction of sp³-hybridized carbons (Fsp3) is 0.300. The molecule has 1 aliphatic heterocycles. The van der Waals surface area contributed by atoms with Crippen LogP contribution in [0.1, 0.15) is 12.8 Å². The van der Waals surface area contributed by atoms with Gasteiger partial charge >= 0.3 is 0 Å². The topological polar surface area (TPSA) is 105 Å². The number of H-pyrrole nitrogens is 1. The molecule has 0 saturated heterocycles. The maximum atomic E-state index is 11.8. The Balaban J connectivity index is 1.62. The molecule has 2 aromatic heterocycles. The van der Waals surface area contributed by atoms with Gasteiger partial charge in [-0.15, -0.1) is 0 Å². The predicted octanol–water partition coefficient (Wildman–Crippen LogP) is 2.71. The van der Waals surface area contributed by atoms with Gasteiger partial charge in [-0.25, -0.2) is 0 Å². The number of hydrogen-bond donors (Lipinski definition) is 4. The van der Waals surface area contributed by atoms with Gasteiger partial charge in [-0.1, -0.05) is 0 Å². The first kappa shape index (κ1) is 16.0. The average Bonchev–Trinajstić information content (AvgIpc) is 3.47. The predicted molar refractivity (Wildman–Crippen MR) is 105 cm³/mol. The number of carbonyl (C=O) groups excluding carboxylic acids is 1. The fourth-order valence-electron chi connectivity index (χ4n) is 3.77. The van der Waals surface area contributed by atoms with E-state index in [9.17, 15) is 4.79 Å². The first-order valence-electron chi connectivity index (χ1n) is 9.23. The number of benzene rings is 1. The van der Waals surface area contributed by atoms with Gasteiger partial charge in [0, 0.05) is 36.3 Å². The number of ether oxygens (including phenoxy) is 1. The zero-order valence-corrected chi connectivity index (χ0v) is 14.8. The summed E-state index contributed by atoms with van der Waals surface area (Å²) in [5.74, 6) is 0.813. The van der Waals surface area contributed by atoms with Gasteiger partial charge in [0.25, 0.3) is 0 Å². The highest BCUT2D eigenvalue weighted by atomic mass is 16.5. The number of nitrogens with one attached hydrogen (secondary N) is 3. The lowest BCUT2D eigenvalue weighted by atomic mass is 10.1. The Kier molecular flexibility index (Phi) is 3.67. The van der Waals surface area contributed by atoms with Crippen molar-refractivity contribution in [1.82, 2.24) is 9.97 Å². The second kappa shape index (κ2) is 6.19. The van der Waals surface area contributed by atoms with Gasteiger partial charge in [0.05, 0.1) is 22.3 Å². The molecule has 138 valence electrons. The number of hydrogen-bond acceptors (Lipinski definition) is 5. The van der Waals surface area contributed by atoms with Gasteiger partial charge in [-0.05, 0) is 37.0 Å². The number of nitrogens with two attached hydrogens (primary N) is 1. The highest BCUT2D eigenvalue weighted by Gasteiger charge is 2.35. The fourth-order valence-corrected chi connectivity index (χ4v) is 3.77. The highest BCUT2D eigenvalue weighted by molar-refractivity contribution is 6.06. The quantitative estimate of drug-likeness (QED) is 0.558. The molecule has 1 atom stereocenters. The lowest BCUT2D eigenvalue weighted by Crippen LogP contribution is -2.37. The number of pyridine rings is 1. The summed E-state index contributed by atoms with van der Waals surface area (Å²) in [6.45, 7) is 1.29. The van der Waals surface area contributed by atoms with E-state index < -0.39 is 0 Å². The zero-order chi connectivity index (χ0) is 18.4. The van der Waals surface area contributed by atoms with E-state index >= 15 is 0 Å². The van der Waals surface area contributed by atoms with E-state index in [1.165, 1.54) is 0 Å². The van der Waals surface area contributed by atoms with E-state index in [1.807, 2.05) is 24.3 Å². The van der Waals surface area contributed by atoms with Crippen LogP contribution in [0.4, 0.5) is 11.4 Å². The van der Waals surface area contributed by atoms with Gasteiger partial charge < -0.3 is 26.1 Å². The molecule has 3 aromatic rings. The SMILES string of the molecule is NC(=O)[C@@H](Nc1cc2c3c(c(-c4ccncc4)[nH]c3c1)NCCO2)C1CC1. The van der Waals surface area contributed by atoms with Gasteiger partial charge in [0.1, 0.15) is 18.4 Å². The number of aromatic amines is 1. The number of primary amides is 1. The Morgan fingerprint density at radius 2 is 2.11 bits per heavy atom. The molecule has 1 aliphatic carbocycles. The van der Waals surface area contributed by atoms with Crippen molar-refractivity contribution >= 4 is 28.2 Å². The molecule has 0 spiro atoms. The van der Waals surface area contributed by atoms with Crippen LogP contribution in [-0.4, -0.2) is 35.1 Å². The van der Waals surface area contributed by atoms with E-state index in [0.717, 1.165) is 52.1 Å². The minimum Gasteiger partial charge on any atom is -0.491 e. The summed E-state index contributed by atoms with van der Waals surface area (Å²) in [5, 5.41) is 7.81. The van der Waals surface area contributed by atoms with E-state index in [4.69, 9.17) is 10.5 Å². The molecule has 1 fully saturated rings. The van der Waals surface area contributed by atoms with Gasteiger partial charge in [-0.2, -0.15) is 0 Å². The van der Waals surface area contributed by atoms with E-state index in [1.54, 1.807) is 12.4 Å². The summed E-state index contributed by atoms with van der Waals surface area (Å²) in [7, 11) is 0. The monoisotopic (exact) mass is 363 g/mol. The molecule has 0 unspecified atom stereocenters. The Hall–Kier alpha value is -3.22. The van der Waals surface area contributed by atoms with E-state index in [2.05, 4.69) is 20.6 Å². The van der Waals surface area contributed by atoms with Crippen LogP contribution >= 0.6 is 0 Å². The number of rotatable bonds is 5. The second-order valence-electron chi connectivity index (χ2n) is 7.14. The summed E-state index contributed by atoms with van der Waals surface area (Å²) >= 11 is 0. The summed E-state index contributed by atoms with van der Waals surface area (Å²) in [6, 6.07) is 7.59. The minimum atomic E-state index is -0.340. The van der Waals surface area contributed by atoms with E-state index in [-0.39, 0.29) is 11.9 Å². The molecule has 3 heterocycles. The average molecular weight is 363 g/mol. The lowest BCUT2D eigenvalue weighted by molar-refractivity contribution is -0.119. The van der Waals surface area contributed by atoms with Crippen molar-refractivity contribution in [2.45, 2.75) is 18.9 Å². The maximum Gasteiger partial charge on any atom is 0.240 e. The molecule has 1 amide bonds. The van der Waals surface area contributed by atoms with Crippen molar-refractivity contribution in [2.24, 2.45) is 11.7 Å². The van der Waals surface area contributed by atoms with Crippen molar-refractivity contribution in [3.8, 4) is 17.0 Å². The molecule has 5 N–H and O–H groups in total. The zero-order valence-electron chi connectivity index (χ0n) is 14.8. The van der Waals surface area contributed by atoms with Gasteiger partial charge in [0.15, 0.2) is 0 Å². The third-order valence-corrected chi connectivity index (χ3v) is 5.21. The third-order valence-electron chi connectivity index (χ3n) is 5.21. The molecule has 1 aromatic carbocycles. The molecule has 0 bridgehead atoms. The second-order valence-corrected chi connectivity index (χ2v) is 7.14. The first-order chi connectivity index (χ1) is 13.2. The van der Waals surface area contributed by atoms with Crippen LogP contribution in [0.3, 0.4) is 0 Å². The van der Waals surface area contributed by atoms with Crippen LogP contribution < -0.4 is 21.1 Å². The first-order valence-corrected chi connectivity index (χ1v) is 9.23. The van der Waals surface area contributed by atoms with Crippen molar-refractivity contribution in [1.29, 1.82) is 0 Å². The number of nitrogens with zero attached hydrogens (tertiary/aromatic N) is 1. The standard InChI is InChI=1S/C20H21N5O2/c21-20(26)18(11-1-2-11)24-13-9-14-16-15(10-13)27-8-7-23-19(16)17(25-14)12-3-5-22-6-4-12/h3-6,9-11,18,23-25H,1-2,7-8H2,(H2,21,26)/t18-/m0/s1. The highest BCUT2D eigenvalue weighted by Crippen LogP contribution is 2.43. The Morgan fingerprint density at radius 3 is 2.85 bits per heavy atom. The summed E-state index contributed by atoms with van der Waals surface area (Å²) in [4.78, 5) is 19.4. The Bertz CT molecular complexity index is 1010. The Morgan fingerprint density at radius 1 is 1.30 bits per heavy atom. The molecule has 1 saturated carbocycles. The molecule has 0 radical (unpaired) electrons. The maximum absolute atomic E-state index is 11.8. The lowest BCUT2D eigenvalue weighted by Gasteiger charge is -2.17. The van der Waals surface area contributed by atoms with Crippen LogP contribution in [0.2, 0.25) is 0 Å². The summed E-state index contributed by atoms with van der Waals surface area (Å²) in [5.41, 5.74) is 10.5. The molecule has 27 heavy (non-hydrogen) atoms. The number of amides is 1. The largest absolute Gasteiger partial charge is 0.491 e. The molecular formula is C20H21N5O2. The summed E-state index contributed by atoms with van der Waals surface area (Å²) in [6.07, 6.45) is 5.63. The van der Waals surface area contributed by atoms with E-state index in [0.29, 0.717) is 19.1 Å². The minimum absolute atomic E-state index is 0.310. The molecule has 2 aliphatic rings. The number of anilines is 2. The van der Waals surface area contributed by atoms with Crippen molar-refractivity contribution < 1.29 is 9.53 Å². The number of carbonyl (C=O) groups is 1. The van der Waals surface area contributed by atoms with Crippen LogP contribution in [0.15, 0.2) is 36.7 Å². The van der Waals surface area contributed by atoms with Gasteiger partial charge in [0.2, 0.25) is 5.91 Å². The number of aromatic nitrogens is 2. The van der Waals surface area contributed by atoms with Crippen LogP contribution in [-0.2, 0) is 4.79 Å². The molecular weight excluding hydrogens is 342 g/mol. The van der Waals surface area contributed by atoms with Gasteiger partial charge in [-0.3, -0.25) is 9.78 Å².